The normalized spacial score (nSPS) is 17.5. The van der Waals surface area contributed by atoms with Crippen LogP contribution in [-0.2, 0) is 14.4 Å². The first-order valence-electron chi connectivity index (χ1n) is 6.74. The fourth-order valence-electron chi connectivity index (χ4n) is 2.11. The molecule has 5 heteroatoms. The molecular formula is C15H20N2O3. The van der Waals surface area contributed by atoms with Crippen molar-refractivity contribution < 1.29 is 14.4 Å². The van der Waals surface area contributed by atoms with E-state index < -0.39 is 6.10 Å². The molecule has 108 valence electrons. The summed E-state index contributed by atoms with van der Waals surface area (Å²) < 4.78 is 4.98. The van der Waals surface area contributed by atoms with Crippen LogP contribution in [0.2, 0.25) is 0 Å². The summed E-state index contributed by atoms with van der Waals surface area (Å²) in [6.07, 6.45) is 0.841. The third kappa shape index (κ3) is 3.57. The van der Waals surface area contributed by atoms with Gasteiger partial charge in [-0.1, -0.05) is 35.5 Å². The van der Waals surface area contributed by atoms with E-state index in [0.29, 0.717) is 19.6 Å². The van der Waals surface area contributed by atoms with E-state index >= 15 is 0 Å². The Labute approximate surface area is 119 Å². The van der Waals surface area contributed by atoms with Gasteiger partial charge in [0, 0.05) is 33.7 Å². The lowest BCUT2D eigenvalue weighted by molar-refractivity contribution is -0.140. The first kappa shape index (κ1) is 14.5. The molecule has 1 atom stereocenters. The molecule has 1 aromatic carbocycles. The van der Waals surface area contributed by atoms with Gasteiger partial charge in [-0.15, -0.1) is 0 Å². The number of rotatable bonds is 6. The highest BCUT2D eigenvalue weighted by Crippen LogP contribution is 2.18. The fraction of sp³-hybridized carbons (Fsp3) is 0.467. The number of hydrogen-bond acceptors (Lipinski definition) is 4. The standard InChI is InChI=1S/C15H20N2O3/c1-17(9-6-10-19-2)15(18)14-11-13(16-20-14)12-7-4-3-5-8-12/h3-5,7-8,14H,6,9-11H2,1-2H3. The molecule has 0 N–H and O–H groups in total. The maximum atomic E-state index is 12.2. The number of carbonyl (C=O) groups is 1. The Hall–Kier alpha value is -1.88. The zero-order valence-electron chi connectivity index (χ0n) is 11.9. The Morgan fingerprint density at radius 3 is 2.90 bits per heavy atom. The second kappa shape index (κ2) is 7.05. The number of methoxy groups -OCH3 is 1. The molecule has 0 bridgehead atoms. The average Bonchev–Trinajstić information content (AvgIpc) is 2.97. The Morgan fingerprint density at radius 2 is 2.20 bits per heavy atom. The molecule has 1 heterocycles. The number of oxime groups is 1. The number of ether oxygens (including phenoxy) is 1. The van der Waals surface area contributed by atoms with E-state index in [1.165, 1.54) is 0 Å². The summed E-state index contributed by atoms with van der Waals surface area (Å²) in [7, 11) is 3.43. The molecule has 0 radical (unpaired) electrons. The zero-order valence-corrected chi connectivity index (χ0v) is 11.9. The van der Waals surface area contributed by atoms with Crippen LogP contribution in [0.1, 0.15) is 18.4 Å². The molecule has 1 amide bonds. The minimum absolute atomic E-state index is 0.0317. The van der Waals surface area contributed by atoms with Gasteiger partial charge < -0.3 is 14.5 Å². The Balaban J connectivity index is 1.86. The summed E-state index contributed by atoms with van der Waals surface area (Å²) >= 11 is 0. The van der Waals surface area contributed by atoms with Crippen LogP contribution in [0.15, 0.2) is 35.5 Å². The van der Waals surface area contributed by atoms with E-state index in [-0.39, 0.29) is 5.91 Å². The molecule has 0 aromatic heterocycles. The Bertz CT molecular complexity index is 473. The van der Waals surface area contributed by atoms with Crippen LogP contribution in [0.4, 0.5) is 0 Å². The monoisotopic (exact) mass is 276 g/mol. The first-order chi connectivity index (χ1) is 9.72. The van der Waals surface area contributed by atoms with E-state index in [2.05, 4.69) is 5.16 Å². The highest BCUT2D eigenvalue weighted by Gasteiger charge is 2.30. The van der Waals surface area contributed by atoms with Gasteiger partial charge in [0.05, 0.1) is 5.71 Å². The lowest BCUT2D eigenvalue weighted by atomic mass is 10.0. The van der Waals surface area contributed by atoms with Crippen molar-refractivity contribution in [3.05, 3.63) is 35.9 Å². The Morgan fingerprint density at radius 1 is 1.45 bits per heavy atom. The van der Waals surface area contributed by atoms with Gasteiger partial charge in [-0.2, -0.15) is 0 Å². The average molecular weight is 276 g/mol. The van der Waals surface area contributed by atoms with Crippen LogP contribution in [-0.4, -0.2) is 49.9 Å². The fourth-order valence-corrected chi connectivity index (χ4v) is 2.11. The first-order valence-corrected chi connectivity index (χ1v) is 6.74. The summed E-state index contributed by atoms with van der Waals surface area (Å²) in [4.78, 5) is 19.2. The molecule has 2 rings (SSSR count). The van der Waals surface area contributed by atoms with Crippen molar-refractivity contribution in [2.24, 2.45) is 5.16 Å². The second-order valence-corrected chi connectivity index (χ2v) is 4.81. The Kier molecular flexibility index (Phi) is 5.12. The molecule has 0 saturated carbocycles. The molecule has 1 aromatic rings. The van der Waals surface area contributed by atoms with Gasteiger partial charge in [0.25, 0.3) is 5.91 Å². The molecule has 0 spiro atoms. The van der Waals surface area contributed by atoms with Crippen molar-refractivity contribution in [1.82, 2.24) is 4.90 Å². The number of hydrogen-bond donors (Lipinski definition) is 0. The molecule has 20 heavy (non-hydrogen) atoms. The van der Waals surface area contributed by atoms with E-state index in [0.717, 1.165) is 17.7 Å². The minimum atomic E-state index is -0.502. The quantitative estimate of drug-likeness (QED) is 0.743. The molecule has 1 unspecified atom stereocenters. The van der Waals surface area contributed by atoms with Crippen LogP contribution in [0, 0.1) is 0 Å². The van der Waals surface area contributed by atoms with Crippen LogP contribution in [0.25, 0.3) is 0 Å². The number of nitrogens with zero attached hydrogens (tertiary/aromatic N) is 2. The van der Waals surface area contributed by atoms with Crippen LogP contribution in [0.5, 0.6) is 0 Å². The molecular weight excluding hydrogens is 256 g/mol. The van der Waals surface area contributed by atoms with Crippen molar-refractivity contribution in [3.63, 3.8) is 0 Å². The number of carbonyl (C=O) groups excluding carboxylic acids is 1. The maximum Gasteiger partial charge on any atom is 0.266 e. The second-order valence-electron chi connectivity index (χ2n) is 4.81. The highest BCUT2D eigenvalue weighted by molar-refractivity contribution is 6.03. The van der Waals surface area contributed by atoms with E-state index in [1.54, 1.807) is 19.1 Å². The van der Waals surface area contributed by atoms with Crippen LogP contribution >= 0.6 is 0 Å². The maximum absolute atomic E-state index is 12.2. The highest BCUT2D eigenvalue weighted by atomic mass is 16.6. The summed E-state index contributed by atoms with van der Waals surface area (Å²) in [5.41, 5.74) is 1.83. The van der Waals surface area contributed by atoms with E-state index in [4.69, 9.17) is 9.57 Å². The third-order valence-electron chi connectivity index (χ3n) is 3.27. The lowest BCUT2D eigenvalue weighted by Gasteiger charge is -2.19. The van der Waals surface area contributed by atoms with Crippen LogP contribution < -0.4 is 0 Å². The topological polar surface area (TPSA) is 51.1 Å². The summed E-state index contributed by atoms with van der Waals surface area (Å²) in [6.45, 7) is 1.31. The van der Waals surface area contributed by atoms with Gasteiger partial charge in [0.15, 0.2) is 0 Å². The number of likely N-dealkylation sites (N-methyl/N-ethyl adjacent to an activating group) is 1. The number of amides is 1. The van der Waals surface area contributed by atoms with Gasteiger partial charge >= 0.3 is 0 Å². The molecule has 0 aliphatic carbocycles. The van der Waals surface area contributed by atoms with Crippen molar-refractivity contribution in [1.29, 1.82) is 0 Å². The van der Waals surface area contributed by atoms with E-state index in [1.807, 2.05) is 30.3 Å². The molecule has 0 fully saturated rings. The largest absolute Gasteiger partial charge is 0.385 e. The van der Waals surface area contributed by atoms with Crippen molar-refractivity contribution in [2.45, 2.75) is 18.9 Å². The van der Waals surface area contributed by atoms with Gasteiger partial charge in [-0.25, -0.2) is 0 Å². The van der Waals surface area contributed by atoms with Gasteiger partial charge in [-0.3, -0.25) is 4.79 Å². The van der Waals surface area contributed by atoms with Crippen molar-refractivity contribution >= 4 is 11.6 Å². The summed E-state index contributed by atoms with van der Waals surface area (Å²) in [5.74, 6) is -0.0317. The zero-order chi connectivity index (χ0) is 14.4. The SMILES string of the molecule is COCCCN(C)C(=O)C1CC(c2ccccc2)=NO1. The minimum Gasteiger partial charge on any atom is -0.385 e. The molecule has 1 aliphatic heterocycles. The number of benzene rings is 1. The van der Waals surface area contributed by atoms with E-state index in [9.17, 15) is 4.79 Å². The smallest absolute Gasteiger partial charge is 0.266 e. The predicted octanol–water partition coefficient (Wildman–Crippen LogP) is 1.67. The molecule has 0 saturated heterocycles. The van der Waals surface area contributed by atoms with Crippen molar-refractivity contribution in [3.8, 4) is 0 Å². The summed E-state index contributed by atoms with van der Waals surface area (Å²) in [6, 6.07) is 9.79. The molecule has 1 aliphatic rings. The van der Waals surface area contributed by atoms with Gasteiger partial charge in [0.2, 0.25) is 6.10 Å². The van der Waals surface area contributed by atoms with Crippen LogP contribution in [0.3, 0.4) is 0 Å². The lowest BCUT2D eigenvalue weighted by Crippen LogP contribution is -2.37. The molecule has 5 nitrogen and oxygen atoms in total. The summed E-state index contributed by atoms with van der Waals surface area (Å²) in [5, 5.41) is 4.03. The van der Waals surface area contributed by atoms with Gasteiger partial charge in [0.1, 0.15) is 0 Å². The van der Waals surface area contributed by atoms with Crippen molar-refractivity contribution in [2.75, 3.05) is 27.3 Å². The predicted molar refractivity (Wildman–Crippen MR) is 76.6 cm³/mol. The third-order valence-corrected chi connectivity index (χ3v) is 3.27. The van der Waals surface area contributed by atoms with Gasteiger partial charge in [-0.05, 0) is 12.0 Å².